The zero-order chi connectivity index (χ0) is 10.9. The molecular weight excluding hydrogens is 196 g/mol. The second kappa shape index (κ2) is 3.20. The van der Waals surface area contributed by atoms with Crippen molar-refractivity contribution < 1.29 is 15.0 Å². The Hall–Kier alpha value is -2.17. The Morgan fingerprint density at radius 3 is 2.13 bits per heavy atom. The first-order chi connectivity index (χ1) is 7.15. The normalized spacial score (nSPS) is 16.8. The molecule has 1 aromatic carbocycles. The summed E-state index contributed by atoms with van der Waals surface area (Å²) >= 11 is 0. The Labute approximate surface area is 85.4 Å². The van der Waals surface area contributed by atoms with E-state index < -0.39 is 11.6 Å². The molecule has 0 aromatic heterocycles. The van der Waals surface area contributed by atoms with Crippen molar-refractivity contribution in [3.8, 4) is 5.75 Å². The maximum absolute atomic E-state index is 11.1. The summed E-state index contributed by atoms with van der Waals surface area (Å²) in [6.45, 7) is 0. The molecule has 0 saturated heterocycles. The molecule has 0 bridgehead atoms. The van der Waals surface area contributed by atoms with Crippen LogP contribution in [0.4, 0.5) is 0 Å². The van der Waals surface area contributed by atoms with Gasteiger partial charge in [0.05, 0.1) is 0 Å². The summed E-state index contributed by atoms with van der Waals surface area (Å²) in [5.74, 6) is -1.07. The van der Waals surface area contributed by atoms with Gasteiger partial charge >= 0.3 is 5.97 Å². The number of aliphatic imine (C=N–C) groups is 2. The molecule has 0 radical (unpaired) electrons. The van der Waals surface area contributed by atoms with Gasteiger partial charge in [0.15, 0.2) is 0 Å². The Bertz CT molecular complexity index is 436. The summed E-state index contributed by atoms with van der Waals surface area (Å²) in [7, 11) is 0. The quantitative estimate of drug-likeness (QED) is 0.746. The highest BCUT2D eigenvalue weighted by atomic mass is 16.4. The molecule has 1 aliphatic rings. The van der Waals surface area contributed by atoms with Gasteiger partial charge in [-0.2, -0.15) is 0 Å². The molecule has 0 atom stereocenters. The predicted octanol–water partition coefficient (Wildman–Crippen LogP) is 0.785. The van der Waals surface area contributed by atoms with Gasteiger partial charge in [-0.3, -0.25) is 0 Å². The number of nitrogens with zero attached hydrogens (tertiary/aromatic N) is 2. The number of aliphatic carboxylic acids is 1. The van der Waals surface area contributed by atoms with Crippen LogP contribution in [0.15, 0.2) is 34.3 Å². The molecule has 2 N–H and O–H groups in total. The number of rotatable bonds is 2. The number of phenolic OH excluding ortho intramolecular Hbond substituents is 1. The van der Waals surface area contributed by atoms with E-state index in [1.165, 1.54) is 36.7 Å². The number of benzene rings is 1. The van der Waals surface area contributed by atoms with E-state index in [1.807, 2.05) is 0 Å². The first-order valence-electron chi connectivity index (χ1n) is 4.27. The maximum atomic E-state index is 11.1. The lowest BCUT2D eigenvalue weighted by atomic mass is 10.0. The minimum atomic E-state index is -1.58. The third-order valence-corrected chi connectivity index (χ3v) is 2.16. The summed E-state index contributed by atoms with van der Waals surface area (Å²) in [5, 5.41) is 18.2. The molecule has 0 amide bonds. The number of phenols is 1. The fourth-order valence-corrected chi connectivity index (χ4v) is 1.39. The summed E-state index contributed by atoms with van der Waals surface area (Å²) in [5.41, 5.74) is -1.16. The number of carboxylic acids is 1. The summed E-state index contributed by atoms with van der Waals surface area (Å²) < 4.78 is 0. The lowest BCUT2D eigenvalue weighted by Crippen LogP contribution is -2.29. The molecule has 2 rings (SSSR count). The molecule has 5 heteroatoms. The molecule has 0 spiro atoms. The summed E-state index contributed by atoms with van der Waals surface area (Å²) in [6.07, 6.45) is 2.70. The fraction of sp³-hybridized carbons (Fsp3) is 0.100. The van der Waals surface area contributed by atoms with Crippen molar-refractivity contribution in [1.82, 2.24) is 0 Å². The molecule has 0 fully saturated rings. The zero-order valence-corrected chi connectivity index (χ0v) is 7.66. The van der Waals surface area contributed by atoms with Crippen molar-refractivity contribution in [3.63, 3.8) is 0 Å². The molecule has 0 unspecified atom stereocenters. The average Bonchev–Trinajstić information content (AvgIpc) is 2.69. The van der Waals surface area contributed by atoms with Crippen molar-refractivity contribution in [2.45, 2.75) is 5.66 Å². The molecule has 5 nitrogen and oxygen atoms in total. The minimum Gasteiger partial charge on any atom is -0.508 e. The number of hydrogen-bond acceptors (Lipinski definition) is 4. The van der Waals surface area contributed by atoms with Gasteiger partial charge in [-0.15, -0.1) is 0 Å². The summed E-state index contributed by atoms with van der Waals surface area (Å²) in [4.78, 5) is 18.8. The average molecular weight is 204 g/mol. The van der Waals surface area contributed by atoms with E-state index in [9.17, 15) is 4.79 Å². The first-order valence-corrected chi connectivity index (χ1v) is 4.27. The largest absolute Gasteiger partial charge is 0.508 e. The highest BCUT2D eigenvalue weighted by molar-refractivity contribution is 6.19. The van der Waals surface area contributed by atoms with E-state index in [4.69, 9.17) is 10.2 Å². The van der Waals surface area contributed by atoms with E-state index in [-0.39, 0.29) is 5.75 Å². The second-order valence-corrected chi connectivity index (χ2v) is 3.08. The lowest BCUT2D eigenvalue weighted by molar-refractivity contribution is -0.143. The van der Waals surface area contributed by atoms with Crippen LogP contribution in [0.3, 0.4) is 0 Å². The topological polar surface area (TPSA) is 82.2 Å². The van der Waals surface area contributed by atoms with Crippen molar-refractivity contribution in [2.75, 3.05) is 0 Å². The predicted molar refractivity (Wildman–Crippen MR) is 54.4 cm³/mol. The number of carbonyl (C=O) groups is 1. The third-order valence-electron chi connectivity index (χ3n) is 2.16. The Balaban J connectivity index is 2.51. The summed E-state index contributed by atoms with van der Waals surface area (Å²) in [6, 6.07) is 5.79. The molecule has 0 aliphatic carbocycles. The zero-order valence-electron chi connectivity index (χ0n) is 7.66. The van der Waals surface area contributed by atoms with E-state index >= 15 is 0 Å². The van der Waals surface area contributed by atoms with Crippen LogP contribution in [0.5, 0.6) is 5.75 Å². The number of hydrogen-bond donors (Lipinski definition) is 2. The van der Waals surface area contributed by atoms with Crippen molar-refractivity contribution in [3.05, 3.63) is 29.8 Å². The molecule has 1 aromatic rings. The van der Waals surface area contributed by atoms with Gasteiger partial charge in [0.1, 0.15) is 5.75 Å². The third kappa shape index (κ3) is 1.38. The molecule has 1 heterocycles. The number of carboxylic acid groups (broad SMARTS) is 1. The molecule has 1 aliphatic heterocycles. The number of aromatic hydroxyl groups is 1. The monoisotopic (exact) mass is 204 g/mol. The minimum absolute atomic E-state index is 0.0743. The van der Waals surface area contributed by atoms with E-state index in [0.29, 0.717) is 5.56 Å². The second-order valence-electron chi connectivity index (χ2n) is 3.08. The van der Waals surface area contributed by atoms with E-state index in [2.05, 4.69) is 9.98 Å². The lowest BCUT2D eigenvalue weighted by Gasteiger charge is -2.17. The smallest absolute Gasteiger partial charge is 0.359 e. The van der Waals surface area contributed by atoms with Gasteiger partial charge < -0.3 is 10.2 Å². The van der Waals surface area contributed by atoms with Crippen LogP contribution >= 0.6 is 0 Å². The van der Waals surface area contributed by atoms with Gasteiger partial charge in [0.25, 0.3) is 5.66 Å². The van der Waals surface area contributed by atoms with Gasteiger partial charge in [0.2, 0.25) is 0 Å². The molecular formula is C10H8N2O3. The van der Waals surface area contributed by atoms with E-state index in [0.717, 1.165) is 0 Å². The fourth-order valence-electron chi connectivity index (χ4n) is 1.39. The van der Waals surface area contributed by atoms with E-state index in [1.54, 1.807) is 0 Å². The van der Waals surface area contributed by atoms with Gasteiger partial charge in [-0.05, 0) is 12.1 Å². The Kier molecular flexibility index (Phi) is 2.00. The van der Waals surface area contributed by atoms with Crippen LogP contribution < -0.4 is 0 Å². The van der Waals surface area contributed by atoms with Crippen LogP contribution in [0.1, 0.15) is 5.56 Å². The van der Waals surface area contributed by atoms with Crippen LogP contribution in [-0.4, -0.2) is 28.6 Å². The van der Waals surface area contributed by atoms with Crippen molar-refractivity contribution in [2.24, 2.45) is 9.98 Å². The van der Waals surface area contributed by atoms with Crippen LogP contribution in [0.2, 0.25) is 0 Å². The Morgan fingerprint density at radius 2 is 1.67 bits per heavy atom. The maximum Gasteiger partial charge on any atom is 0.359 e. The van der Waals surface area contributed by atoms with Gasteiger partial charge in [-0.25, -0.2) is 14.8 Å². The van der Waals surface area contributed by atoms with Gasteiger partial charge in [-0.1, -0.05) is 12.1 Å². The first kappa shape index (κ1) is 9.39. The SMILES string of the molecule is O=C(O)C1(c2ccc(O)cc2)N=CC=N1. The molecule has 0 saturated carbocycles. The van der Waals surface area contributed by atoms with Crippen LogP contribution in [0, 0.1) is 0 Å². The highest BCUT2D eigenvalue weighted by Gasteiger charge is 2.40. The van der Waals surface area contributed by atoms with Crippen LogP contribution in [0.25, 0.3) is 0 Å². The van der Waals surface area contributed by atoms with Crippen LogP contribution in [-0.2, 0) is 10.5 Å². The Morgan fingerprint density at radius 1 is 1.13 bits per heavy atom. The molecule has 15 heavy (non-hydrogen) atoms. The highest BCUT2D eigenvalue weighted by Crippen LogP contribution is 2.30. The van der Waals surface area contributed by atoms with Crippen molar-refractivity contribution in [1.29, 1.82) is 0 Å². The standard InChI is InChI=1S/C10H8N2O3/c13-8-3-1-7(2-4-8)10(9(14)15)11-5-6-12-10/h1-6,13H,(H,14,15). The van der Waals surface area contributed by atoms with Crippen molar-refractivity contribution >= 4 is 18.4 Å². The van der Waals surface area contributed by atoms with Gasteiger partial charge in [0, 0.05) is 18.0 Å². The molecule has 76 valence electrons.